The molecular weight excluding hydrogens is 244 g/mol. The molecule has 0 bridgehead atoms. The number of hydrogen-bond donors (Lipinski definition) is 2. The van der Waals surface area contributed by atoms with Crippen LogP contribution < -0.4 is 5.32 Å². The Morgan fingerprint density at radius 1 is 1.47 bits per heavy atom. The first-order chi connectivity index (χ1) is 8.24. The van der Waals surface area contributed by atoms with Crippen molar-refractivity contribution in [1.82, 2.24) is 8.75 Å². The van der Waals surface area contributed by atoms with Crippen molar-refractivity contribution in [2.24, 2.45) is 0 Å². The minimum atomic E-state index is -0.467. The highest BCUT2D eigenvalue weighted by atomic mass is 32.1. The van der Waals surface area contributed by atoms with E-state index in [1.165, 1.54) is 0 Å². The minimum absolute atomic E-state index is 0.0430. The van der Waals surface area contributed by atoms with Gasteiger partial charge in [-0.3, -0.25) is 10.1 Å². The van der Waals surface area contributed by atoms with E-state index in [4.69, 9.17) is 5.11 Å². The first kappa shape index (κ1) is 11.7. The molecule has 1 heterocycles. The lowest BCUT2D eigenvalue weighted by Crippen LogP contribution is -2.06. The number of fused-ring (bicyclic) bond motifs is 1. The molecule has 1 aromatic heterocycles. The average molecular weight is 254 g/mol. The van der Waals surface area contributed by atoms with Crippen LogP contribution in [0, 0.1) is 10.1 Å². The van der Waals surface area contributed by atoms with Crippen LogP contribution in [-0.4, -0.2) is 31.9 Å². The van der Waals surface area contributed by atoms with Crippen LogP contribution in [0.4, 0.5) is 11.4 Å². The molecule has 0 unspecified atom stereocenters. The van der Waals surface area contributed by atoms with E-state index < -0.39 is 4.92 Å². The van der Waals surface area contributed by atoms with Crippen LogP contribution in [0.2, 0.25) is 0 Å². The molecule has 2 rings (SSSR count). The Labute approximate surface area is 101 Å². The van der Waals surface area contributed by atoms with Gasteiger partial charge in [-0.15, -0.1) is 0 Å². The van der Waals surface area contributed by atoms with E-state index in [1.54, 1.807) is 12.1 Å². The Kier molecular flexibility index (Phi) is 3.45. The molecule has 0 saturated carbocycles. The summed E-state index contributed by atoms with van der Waals surface area (Å²) in [6, 6.07) is 3.30. The lowest BCUT2D eigenvalue weighted by molar-refractivity contribution is -0.382. The molecule has 0 radical (unpaired) electrons. The van der Waals surface area contributed by atoms with Gasteiger partial charge in [-0.05, 0) is 18.6 Å². The fraction of sp³-hybridized carbons (Fsp3) is 0.333. The summed E-state index contributed by atoms with van der Waals surface area (Å²) in [5.74, 6) is 0. The number of nitro benzene ring substituents is 1. The molecule has 2 N–H and O–H groups in total. The third-order valence-electron chi connectivity index (χ3n) is 2.23. The van der Waals surface area contributed by atoms with Crippen molar-refractivity contribution < 1.29 is 10.0 Å². The summed E-state index contributed by atoms with van der Waals surface area (Å²) in [6.45, 7) is 0.516. The molecule has 7 nitrogen and oxygen atoms in total. The highest BCUT2D eigenvalue weighted by molar-refractivity contribution is 7.00. The molecule has 90 valence electrons. The molecule has 0 saturated heterocycles. The smallest absolute Gasteiger partial charge is 0.321 e. The number of benzene rings is 1. The van der Waals surface area contributed by atoms with Crippen molar-refractivity contribution in [3.8, 4) is 0 Å². The predicted molar refractivity (Wildman–Crippen MR) is 64.3 cm³/mol. The number of aliphatic hydroxyl groups excluding tert-OH is 1. The van der Waals surface area contributed by atoms with Crippen molar-refractivity contribution in [1.29, 1.82) is 0 Å². The zero-order valence-electron chi connectivity index (χ0n) is 8.79. The van der Waals surface area contributed by atoms with Gasteiger partial charge >= 0.3 is 5.69 Å². The molecule has 0 amide bonds. The average Bonchev–Trinajstić information content (AvgIpc) is 2.76. The maximum absolute atomic E-state index is 11.0. The van der Waals surface area contributed by atoms with Gasteiger partial charge in [0.05, 0.1) is 16.7 Å². The molecule has 0 fully saturated rings. The summed E-state index contributed by atoms with van der Waals surface area (Å²) < 4.78 is 7.89. The Hall–Kier alpha value is -1.80. The number of rotatable bonds is 5. The van der Waals surface area contributed by atoms with Gasteiger partial charge in [0.25, 0.3) is 0 Å². The third-order valence-corrected chi connectivity index (χ3v) is 2.78. The van der Waals surface area contributed by atoms with Gasteiger partial charge in [-0.2, -0.15) is 8.75 Å². The first-order valence-corrected chi connectivity index (χ1v) is 5.71. The maximum Gasteiger partial charge on any atom is 0.321 e. The Morgan fingerprint density at radius 2 is 2.29 bits per heavy atom. The van der Waals surface area contributed by atoms with Crippen molar-refractivity contribution in [3.05, 3.63) is 22.2 Å². The van der Waals surface area contributed by atoms with Gasteiger partial charge < -0.3 is 10.4 Å². The quantitative estimate of drug-likeness (QED) is 0.475. The Bertz CT molecular complexity index is 542. The maximum atomic E-state index is 11.0. The zero-order valence-corrected chi connectivity index (χ0v) is 9.61. The molecule has 0 aliphatic carbocycles. The van der Waals surface area contributed by atoms with Gasteiger partial charge in [0.2, 0.25) is 0 Å². The molecule has 17 heavy (non-hydrogen) atoms. The van der Waals surface area contributed by atoms with E-state index in [2.05, 4.69) is 14.1 Å². The second-order valence-electron chi connectivity index (χ2n) is 3.35. The van der Waals surface area contributed by atoms with Crippen LogP contribution in [0.5, 0.6) is 0 Å². The van der Waals surface area contributed by atoms with Gasteiger partial charge in [0.1, 0.15) is 11.2 Å². The van der Waals surface area contributed by atoms with Crippen molar-refractivity contribution in [3.63, 3.8) is 0 Å². The molecule has 8 heteroatoms. The van der Waals surface area contributed by atoms with E-state index in [1.807, 2.05) is 0 Å². The summed E-state index contributed by atoms with van der Waals surface area (Å²) >= 11 is 0.949. The van der Waals surface area contributed by atoms with Crippen LogP contribution in [0.3, 0.4) is 0 Å². The van der Waals surface area contributed by atoms with Gasteiger partial charge in [-0.1, -0.05) is 0 Å². The van der Waals surface area contributed by atoms with Crippen LogP contribution >= 0.6 is 11.7 Å². The number of nitrogens with one attached hydrogen (secondary N) is 1. The van der Waals surface area contributed by atoms with Crippen LogP contribution in [0.25, 0.3) is 11.0 Å². The monoisotopic (exact) mass is 254 g/mol. The first-order valence-electron chi connectivity index (χ1n) is 4.98. The normalized spacial score (nSPS) is 10.6. The third kappa shape index (κ3) is 2.32. The molecule has 0 aliphatic rings. The topological polar surface area (TPSA) is 101 Å². The van der Waals surface area contributed by atoms with Crippen LogP contribution in [-0.2, 0) is 0 Å². The Balaban J connectivity index is 2.39. The second-order valence-corrected chi connectivity index (χ2v) is 3.88. The summed E-state index contributed by atoms with van der Waals surface area (Å²) in [7, 11) is 0. The second kappa shape index (κ2) is 5.02. The number of aromatic nitrogens is 2. The molecule has 0 aliphatic heterocycles. The number of aliphatic hydroxyl groups is 1. The minimum Gasteiger partial charge on any atom is -0.396 e. The van der Waals surface area contributed by atoms with Crippen LogP contribution in [0.1, 0.15) is 6.42 Å². The summed E-state index contributed by atoms with van der Waals surface area (Å²) in [6.07, 6.45) is 0.532. The van der Waals surface area contributed by atoms with Crippen molar-refractivity contribution in [2.45, 2.75) is 6.42 Å². The van der Waals surface area contributed by atoms with E-state index in [-0.39, 0.29) is 12.3 Å². The highest BCUT2D eigenvalue weighted by Gasteiger charge is 2.20. The van der Waals surface area contributed by atoms with Gasteiger partial charge in [0, 0.05) is 13.2 Å². The number of anilines is 1. The fourth-order valence-corrected chi connectivity index (χ4v) is 2.01. The molecule has 1 aromatic carbocycles. The standard InChI is InChI=1S/C9H10N4O3S/c14-5-1-4-10-7-3-2-6-8(12-17-11-6)9(7)13(15)16/h2-3,10,14H,1,4-5H2. The number of hydrogen-bond acceptors (Lipinski definition) is 7. The highest BCUT2D eigenvalue weighted by Crippen LogP contribution is 2.31. The molecular formula is C9H10N4O3S. The lowest BCUT2D eigenvalue weighted by Gasteiger charge is -2.05. The summed E-state index contributed by atoms with van der Waals surface area (Å²) in [5, 5.41) is 22.6. The van der Waals surface area contributed by atoms with Gasteiger partial charge in [-0.25, -0.2) is 0 Å². The summed E-state index contributed by atoms with van der Waals surface area (Å²) in [5.41, 5.74) is 1.17. The lowest BCUT2D eigenvalue weighted by atomic mass is 10.2. The van der Waals surface area contributed by atoms with Crippen molar-refractivity contribution >= 4 is 34.1 Å². The van der Waals surface area contributed by atoms with Crippen LogP contribution in [0.15, 0.2) is 12.1 Å². The zero-order chi connectivity index (χ0) is 12.3. The largest absolute Gasteiger partial charge is 0.396 e. The molecule has 0 atom stereocenters. The molecule has 0 spiro atoms. The van der Waals surface area contributed by atoms with E-state index in [0.29, 0.717) is 29.7 Å². The predicted octanol–water partition coefficient (Wildman–Crippen LogP) is 1.39. The van der Waals surface area contributed by atoms with E-state index in [0.717, 1.165) is 11.7 Å². The number of nitro groups is 1. The van der Waals surface area contributed by atoms with E-state index in [9.17, 15) is 10.1 Å². The van der Waals surface area contributed by atoms with Crippen molar-refractivity contribution in [2.75, 3.05) is 18.5 Å². The van der Waals surface area contributed by atoms with E-state index >= 15 is 0 Å². The number of nitrogens with zero attached hydrogens (tertiary/aromatic N) is 3. The fourth-order valence-electron chi connectivity index (χ4n) is 1.47. The summed E-state index contributed by atoms with van der Waals surface area (Å²) in [4.78, 5) is 10.6. The Morgan fingerprint density at radius 3 is 3.00 bits per heavy atom. The molecule has 2 aromatic rings. The SMILES string of the molecule is O=[N+]([O-])c1c(NCCCO)ccc2nsnc12. The van der Waals surface area contributed by atoms with Gasteiger partial charge in [0.15, 0.2) is 5.52 Å².